The number of rotatable bonds is 3. The SMILES string of the molecule is C=Cc1noc(C)c1/C=C\CC.CC.CC. The summed E-state index contributed by atoms with van der Waals surface area (Å²) in [6, 6.07) is 0. The van der Waals surface area contributed by atoms with Crippen molar-refractivity contribution in [3.8, 4) is 0 Å². The molecule has 1 aromatic heterocycles. The van der Waals surface area contributed by atoms with Gasteiger partial charge in [-0.05, 0) is 19.4 Å². The lowest BCUT2D eigenvalue weighted by molar-refractivity contribution is 0.396. The zero-order valence-corrected chi connectivity index (χ0v) is 11.5. The summed E-state index contributed by atoms with van der Waals surface area (Å²) in [5.41, 5.74) is 1.85. The second kappa shape index (κ2) is 11.8. The van der Waals surface area contributed by atoms with Crippen LogP contribution in [-0.2, 0) is 0 Å². The maximum absolute atomic E-state index is 5.01. The lowest BCUT2D eigenvalue weighted by Crippen LogP contribution is -1.76. The van der Waals surface area contributed by atoms with Crippen molar-refractivity contribution in [1.29, 1.82) is 0 Å². The van der Waals surface area contributed by atoms with Gasteiger partial charge in [0.1, 0.15) is 11.5 Å². The molecular weight excluding hydrogens is 198 g/mol. The highest BCUT2D eigenvalue weighted by Gasteiger charge is 2.05. The van der Waals surface area contributed by atoms with Gasteiger partial charge < -0.3 is 4.52 Å². The molecule has 0 bridgehead atoms. The minimum atomic E-state index is 0.817. The summed E-state index contributed by atoms with van der Waals surface area (Å²) in [7, 11) is 0. The van der Waals surface area contributed by atoms with Crippen molar-refractivity contribution in [3.05, 3.63) is 29.7 Å². The van der Waals surface area contributed by atoms with Crippen LogP contribution in [-0.4, -0.2) is 5.16 Å². The summed E-state index contributed by atoms with van der Waals surface area (Å²) in [6.45, 7) is 15.6. The van der Waals surface area contributed by atoms with Crippen molar-refractivity contribution in [1.82, 2.24) is 5.16 Å². The highest BCUT2D eigenvalue weighted by molar-refractivity contribution is 5.62. The minimum absolute atomic E-state index is 0.817. The molecule has 0 N–H and O–H groups in total. The third kappa shape index (κ3) is 5.54. The van der Waals surface area contributed by atoms with Crippen LogP contribution in [0.4, 0.5) is 0 Å². The maximum Gasteiger partial charge on any atom is 0.141 e. The normalized spacial score (nSPS) is 8.88. The van der Waals surface area contributed by atoms with E-state index in [1.165, 1.54) is 0 Å². The molecule has 0 aliphatic carbocycles. The molecule has 92 valence electrons. The van der Waals surface area contributed by atoms with Gasteiger partial charge in [0.15, 0.2) is 0 Å². The zero-order valence-electron chi connectivity index (χ0n) is 11.5. The second-order valence-corrected chi connectivity index (χ2v) is 2.55. The summed E-state index contributed by atoms with van der Waals surface area (Å²) >= 11 is 0. The van der Waals surface area contributed by atoms with E-state index in [1.54, 1.807) is 6.08 Å². The van der Waals surface area contributed by atoms with E-state index < -0.39 is 0 Å². The predicted octanol–water partition coefficient (Wildman–Crippen LogP) is 5.10. The predicted molar refractivity (Wildman–Crippen MR) is 73.4 cm³/mol. The van der Waals surface area contributed by atoms with Crippen LogP contribution in [0.2, 0.25) is 0 Å². The fraction of sp³-hybridized carbons (Fsp3) is 0.500. The topological polar surface area (TPSA) is 26.0 Å². The number of allylic oxidation sites excluding steroid dienone is 1. The molecule has 0 aliphatic rings. The molecule has 2 nitrogen and oxygen atoms in total. The first-order valence-electron chi connectivity index (χ1n) is 6.04. The molecule has 1 rings (SSSR count). The lowest BCUT2D eigenvalue weighted by atomic mass is 10.1. The Labute approximate surface area is 100 Å². The quantitative estimate of drug-likeness (QED) is 0.712. The minimum Gasteiger partial charge on any atom is -0.360 e. The van der Waals surface area contributed by atoms with Crippen LogP contribution in [0.3, 0.4) is 0 Å². The molecule has 0 aliphatic heterocycles. The Morgan fingerprint density at radius 3 is 2.25 bits per heavy atom. The fourth-order valence-corrected chi connectivity index (χ4v) is 0.982. The molecule has 0 unspecified atom stereocenters. The monoisotopic (exact) mass is 223 g/mol. The smallest absolute Gasteiger partial charge is 0.141 e. The zero-order chi connectivity index (χ0) is 13.0. The van der Waals surface area contributed by atoms with Gasteiger partial charge in [-0.15, -0.1) is 0 Å². The average Bonchev–Trinajstić information content (AvgIpc) is 2.72. The van der Waals surface area contributed by atoms with E-state index in [9.17, 15) is 0 Å². The average molecular weight is 223 g/mol. The largest absolute Gasteiger partial charge is 0.360 e. The van der Waals surface area contributed by atoms with Crippen molar-refractivity contribution in [2.45, 2.75) is 48.0 Å². The fourth-order valence-electron chi connectivity index (χ4n) is 0.982. The number of aromatic nitrogens is 1. The summed E-state index contributed by atoms with van der Waals surface area (Å²) in [5.74, 6) is 0.842. The standard InChI is InChI=1S/C10H13NO.2C2H6/c1-4-6-7-9-8(3)12-11-10(9)5-2;2*1-2/h5-7H,2,4H2,1,3H3;2*1-2H3/b7-6-;;. The number of hydrogen-bond donors (Lipinski definition) is 0. The lowest BCUT2D eigenvalue weighted by Gasteiger charge is -1.87. The molecule has 0 spiro atoms. The molecule has 1 aromatic rings. The first-order chi connectivity index (χ1) is 7.79. The van der Waals surface area contributed by atoms with Crippen molar-refractivity contribution in [2.24, 2.45) is 0 Å². The summed E-state index contributed by atoms with van der Waals surface area (Å²) in [4.78, 5) is 0. The number of aryl methyl sites for hydroxylation is 1. The number of hydrogen-bond acceptors (Lipinski definition) is 2. The van der Waals surface area contributed by atoms with Gasteiger partial charge in [-0.2, -0.15) is 0 Å². The van der Waals surface area contributed by atoms with Crippen molar-refractivity contribution >= 4 is 12.2 Å². The Kier molecular flexibility index (Phi) is 12.6. The van der Waals surface area contributed by atoms with Gasteiger partial charge in [-0.1, -0.05) is 58.5 Å². The van der Waals surface area contributed by atoms with Crippen molar-refractivity contribution < 1.29 is 4.52 Å². The van der Waals surface area contributed by atoms with Crippen LogP contribution >= 0.6 is 0 Å². The van der Waals surface area contributed by atoms with Crippen LogP contribution in [0.15, 0.2) is 17.2 Å². The van der Waals surface area contributed by atoms with Gasteiger partial charge in [0, 0.05) is 5.56 Å². The molecule has 16 heavy (non-hydrogen) atoms. The molecule has 0 radical (unpaired) electrons. The van der Waals surface area contributed by atoms with Crippen LogP contribution in [0.25, 0.3) is 12.2 Å². The van der Waals surface area contributed by atoms with Gasteiger partial charge in [0.2, 0.25) is 0 Å². The molecule has 0 atom stereocenters. The van der Waals surface area contributed by atoms with Gasteiger partial charge in [-0.3, -0.25) is 0 Å². The summed E-state index contributed by atoms with van der Waals surface area (Å²) in [6.07, 6.45) is 6.81. The van der Waals surface area contributed by atoms with Gasteiger partial charge >= 0.3 is 0 Å². The van der Waals surface area contributed by atoms with E-state index in [0.29, 0.717) is 0 Å². The van der Waals surface area contributed by atoms with Crippen molar-refractivity contribution in [3.63, 3.8) is 0 Å². The third-order valence-electron chi connectivity index (χ3n) is 1.65. The molecular formula is C14H25NO. The summed E-state index contributed by atoms with van der Waals surface area (Å²) in [5, 5.41) is 3.84. The van der Waals surface area contributed by atoms with E-state index in [1.807, 2.05) is 40.7 Å². The van der Waals surface area contributed by atoms with E-state index in [2.05, 4.69) is 24.7 Å². The van der Waals surface area contributed by atoms with Crippen molar-refractivity contribution in [2.75, 3.05) is 0 Å². The van der Waals surface area contributed by atoms with Crippen LogP contribution in [0.1, 0.15) is 58.1 Å². The molecule has 0 fully saturated rings. The van der Waals surface area contributed by atoms with Crippen LogP contribution in [0.5, 0.6) is 0 Å². The van der Waals surface area contributed by atoms with E-state index in [4.69, 9.17) is 4.52 Å². The van der Waals surface area contributed by atoms with E-state index >= 15 is 0 Å². The van der Waals surface area contributed by atoms with Crippen LogP contribution in [0, 0.1) is 6.92 Å². The van der Waals surface area contributed by atoms with E-state index in [0.717, 1.165) is 23.4 Å². The Bertz CT molecular complexity index is 298. The third-order valence-corrected chi connectivity index (χ3v) is 1.65. The molecule has 1 heterocycles. The molecule has 0 saturated heterocycles. The highest BCUT2D eigenvalue weighted by Crippen LogP contribution is 2.16. The van der Waals surface area contributed by atoms with E-state index in [-0.39, 0.29) is 0 Å². The Hall–Kier alpha value is -1.31. The first kappa shape index (κ1) is 17.1. The second-order valence-electron chi connectivity index (χ2n) is 2.55. The maximum atomic E-state index is 5.01. The first-order valence-corrected chi connectivity index (χ1v) is 6.04. The van der Waals surface area contributed by atoms with Gasteiger partial charge in [-0.25, -0.2) is 0 Å². The Morgan fingerprint density at radius 1 is 1.25 bits per heavy atom. The molecule has 0 aromatic carbocycles. The molecule has 0 amide bonds. The highest BCUT2D eigenvalue weighted by atomic mass is 16.5. The Morgan fingerprint density at radius 2 is 1.81 bits per heavy atom. The Balaban J connectivity index is 0. The van der Waals surface area contributed by atoms with Gasteiger partial charge in [0.25, 0.3) is 0 Å². The van der Waals surface area contributed by atoms with Gasteiger partial charge in [0.05, 0.1) is 0 Å². The van der Waals surface area contributed by atoms with Crippen LogP contribution < -0.4 is 0 Å². The number of nitrogens with zero attached hydrogens (tertiary/aromatic N) is 1. The summed E-state index contributed by atoms with van der Waals surface area (Å²) < 4.78 is 5.01. The molecule has 0 saturated carbocycles. The molecule has 2 heteroatoms.